The number of carbonyl (C=O) groups excluding carboxylic acids is 1. The third kappa shape index (κ3) is 6.14. The molecular weight excluding hydrogens is 543 g/mol. The minimum Gasteiger partial charge on any atom is -0.337 e. The minimum atomic E-state index is -4.63. The quantitative estimate of drug-likeness (QED) is 0.324. The highest BCUT2D eigenvalue weighted by atomic mass is 35.5. The number of nitrogens with zero attached hydrogens (tertiary/aromatic N) is 3. The van der Waals surface area contributed by atoms with E-state index >= 15 is 0 Å². The average Bonchev–Trinajstić information content (AvgIpc) is 3.22. The second kappa shape index (κ2) is 10.8. The first-order valence-corrected chi connectivity index (χ1v) is 13.1. The van der Waals surface area contributed by atoms with Crippen LogP contribution in [0.2, 0.25) is 5.02 Å². The average molecular weight is 564 g/mol. The Balaban J connectivity index is 1.42. The van der Waals surface area contributed by atoms with Gasteiger partial charge in [-0.3, -0.25) is 0 Å². The Kier molecular flexibility index (Phi) is 7.74. The summed E-state index contributed by atoms with van der Waals surface area (Å²) in [5.74, 6) is 0. The number of urea groups is 1. The molecule has 198 valence electrons. The van der Waals surface area contributed by atoms with Crippen molar-refractivity contribution < 1.29 is 26.4 Å². The summed E-state index contributed by atoms with van der Waals surface area (Å²) in [6, 6.07) is 16.5. The van der Waals surface area contributed by atoms with Gasteiger partial charge >= 0.3 is 12.2 Å². The molecule has 0 aliphatic carbocycles. The molecule has 0 spiro atoms. The summed E-state index contributed by atoms with van der Waals surface area (Å²) >= 11 is 5.69. The molecule has 0 radical (unpaired) electrons. The Labute approximate surface area is 221 Å². The van der Waals surface area contributed by atoms with Gasteiger partial charge in [-0.05, 0) is 48.7 Å². The number of rotatable bonds is 7. The third-order valence-corrected chi connectivity index (χ3v) is 7.00. The van der Waals surface area contributed by atoms with E-state index in [-0.39, 0.29) is 22.2 Å². The second-order valence-electron chi connectivity index (χ2n) is 8.18. The van der Waals surface area contributed by atoms with Crippen LogP contribution >= 0.6 is 11.6 Å². The van der Waals surface area contributed by atoms with Crippen molar-refractivity contribution in [1.29, 1.82) is 0 Å². The van der Waals surface area contributed by atoms with E-state index in [4.69, 9.17) is 11.6 Å². The van der Waals surface area contributed by atoms with Crippen LogP contribution in [0.3, 0.4) is 0 Å². The number of hydrogen-bond donors (Lipinski definition) is 2. The number of benzene rings is 2. The zero-order chi connectivity index (χ0) is 27.5. The van der Waals surface area contributed by atoms with Gasteiger partial charge in [0.15, 0.2) is 10.7 Å². The van der Waals surface area contributed by atoms with Crippen LogP contribution < -0.4 is 10.0 Å². The van der Waals surface area contributed by atoms with Crippen LogP contribution in [0.4, 0.5) is 18.0 Å². The van der Waals surface area contributed by atoms with Gasteiger partial charge in [0.05, 0.1) is 10.7 Å². The maximum absolute atomic E-state index is 13.8. The Morgan fingerprint density at radius 2 is 1.71 bits per heavy atom. The minimum absolute atomic E-state index is 0.0149. The molecule has 2 N–H and O–H groups in total. The lowest BCUT2D eigenvalue weighted by Crippen LogP contribution is -2.40. The summed E-state index contributed by atoms with van der Waals surface area (Å²) in [7, 11) is -4.17. The number of sulfonamides is 1. The lowest BCUT2D eigenvalue weighted by atomic mass is 10.0. The van der Waals surface area contributed by atoms with Crippen molar-refractivity contribution in [1.82, 2.24) is 24.8 Å². The molecule has 0 bridgehead atoms. The van der Waals surface area contributed by atoms with Gasteiger partial charge in [0.1, 0.15) is 0 Å². The lowest BCUT2D eigenvalue weighted by molar-refractivity contribution is -0.140. The maximum Gasteiger partial charge on any atom is 0.435 e. The second-order valence-corrected chi connectivity index (χ2v) is 10.2. The highest BCUT2D eigenvalue weighted by molar-refractivity contribution is 7.90. The number of nitrogens with one attached hydrogen (secondary N) is 2. The number of aromatic nitrogens is 3. The largest absolute Gasteiger partial charge is 0.435 e. The van der Waals surface area contributed by atoms with Crippen molar-refractivity contribution in [3.8, 4) is 16.8 Å². The van der Waals surface area contributed by atoms with Crippen molar-refractivity contribution >= 4 is 27.7 Å². The highest BCUT2D eigenvalue weighted by Gasteiger charge is 2.39. The van der Waals surface area contributed by atoms with E-state index in [1.54, 1.807) is 61.5 Å². The Morgan fingerprint density at radius 3 is 2.32 bits per heavy atom. The fourth-order valence-electron chi connectivity index (χ4n) is 3.76. The number of hydrogen-bond acceptors (Lipinski definition) is 5. The van der Waals surface area contributed by atoms with E-state index < -0.39 is 27.9 Å². The van der Waals surface area contributed by atoms with E-state index in [2.05, 4.69) is 15.4 Å². The van der Waals surface area contributed by atoms with Gasteiger partial charge in [0.25, 0.3) is 10.0 Å². The van der Waals surface area contributed by atoms with E-state index in [9.17, 15) is 26.4 Å². The molecule has 0 aliphatic rings. The highest BCUT2D eigenvalue weighted by Crippen LogP contribution is 2.39. The van der Waals surface area contributed by atoms with Crippen LogP contribution in [0.15, 0.2) is 78.0 Å². The lowest BCUT2D eigenvalue weighted by Gasteiger charge is -2.09. The summed E-state index contributed by atoms with van der Waals surface area (Å²) in [6.07, 6.45) is -3.15. The van der Waals surface area contributed by atoms with Crippen molar-refractivity contribution in [3.05, 3.63) is 94.9 Å². The predicted molar refractivity (Wildman–Crippen MR) is 135 cm³/mol. The van der Waals surface area contributed by atoms with E-state index in [1.807, 2.05) is 4.72 Å². The molecule has 0 saturated heterocycles. The van der Waals surface area contributed by atoms with Gasteiger partial charge in [-0.2, -0.15) is 26.7 Å². The fraction of sp³-hybridized carbons (Fsp3) is 0.160. The summed E-state index contributed by atoms with van der Waals surface area (Å²) in [5.41, 5.74) is 1.00. The molecule has 2 heterocycles. The molecule has 2 aromatic heterocycles. The summed E-state index contributed by atoms with van der Waals surface area (Å²) in [6.45, 7) is 1.68. The fourth-order valence-corrected chi connectivity index (χ4v) is 4.73. The molecule has 0 aliphatic heterocycles. The molecule has 0 fully saturated rings. The molecule has 2 amide bonds. The number of amides is 2. The molecule has 0 unspecified atom stereocenters. The zero-order valence-electron chi connectivity index (χ0n) is 19.8. The van der Waals surface area contributed by atoms with Crippen LogP contribution in [0.25, 0.3) is 16.8 Å². The van der Waals surface area contributed by atoms with Crippen LogP contribution in [0, 0.1) is 6.92 Å². The normalized spacial score (nSPS) is 11.8. The number of carbonyl (C=O) groups is 1. The molecule has 0 saturated carbocycles. The first-order chi connectivity index (χ1) is 18.0. The molecule has 4 aromatic rings. The van der Waals surface area contributed by atoms with Gasteiger partial charge in [0, 0.05) is 24.0 Å². The number of pyridine rings is 1. The van der Waals surface area contributed by atoms with Crippen molar-refractivity contribution in [2.24, 2.45) is 0 Å². The zero-order valence-corrected chi connectivity index (χ0v) is 21.4. The van der Waals surface area contributed by atoms with Gasteiger partial charge in [-0.15, -0.1) is 0 Å². The Bertz CT molecular complexity index is 1540. The number of alkyl halides is 3. The monoisotopic (exact) mass is 563 g/mol. The van der Waals surface area contributed by atoms with Crippen LogP contribution in [0.5, 0.6) is 0 Å². The van der Waals surface area contributed by atoms with Gasteiger partial charge < -0.3 is 5.32 Å². The van der Waals surface area contributed by atoms with Crippen molar-refractivity contribution in [2.45, 2.75) is 24.5 Å². The summed E-state index contributed by atoms with van der Waals surface area (Å²) < 4.78 is 68.8. The van der Waals surface area contributed by atoms with E-state index in [1.165, 1.54) is 16.8 Å². The Morgan fingerprint density at radius 1 is 1.03 bits per heavy atom. The molecule has 0 atom stereocenters. The SMILES string of the molecule is Cc1c(-c2ccccc2)c(C(F)(F)F)nn1-c1ccc(CCNC(=O)NS(=O)(=O)c2ccc(Cl)cn2)cc1. The first kappa shape index (κ1) is 27.1. The molecule has 38 heavy (non-hydrogen) atoms. The predicted octanol–water partition coefficient (Wildman–Crippen LogP) is 5.15. The third-order valence-electron chi connectivity index (χ3n) is 5.53. The summed E-state index contributed by atoms with van der Waals surface area (Å²) in [4.78, 5) is 15.7. The summed E-state index contributed by atoms with van der Waals surface area (Å²) in [5, 5.41) is 6.20. The Hall–Kier alpha value is -3.90. The maximum atomic E-state index is 13.8. The van der Waals surface area contributed by atoms with Crippen LogP contribution in [0.1, 0.15) is 17.0 Å². The smallest absolute Gasteiger partial charge is 0.337 e. The molecule has 13 heteroatoms. The van der Waals surface area contributed by atoms with Crippen molar-refractivity contribution in [2.75, 3.05) is 6.54 Å². The van der Waals surface area contributed by atoms with Crippen molar-refractivity contribution in [3.63, 3.8) is 0 Å². The van der Waals surface area contributed by atoms with Crippen LogP contribution in [-0.4, -0.2) is 35.8 Å². The van der Waals surface area contributed by atoms with Gasteiger partial charge in [0.2, 0.25) is 0 Å². The molecule has 4 rings (SSSR count). The molecule has 8 nitrogen and oxygen atoms in total. The van der Waals surface area contributed by atoms with E-state index in [0.717, 1.165) is 11.8 Å². The molecule has 2 aromatic carbocycles. The van der Waals surface area contributed by atoms with Gasteiger partial charge in [-0.1, -0.05) is 54.1 Å². The molecular formula is C25H21ClF3N5O3S. The standard InChI is InChI=1S/C25H21ClF3N5O3S/c1-16-22(18-5-3-2-4-6-18)23(25(27,28)29)32-34(16)20-10-7-17(8-11-20)13-14-30-24(35)33-38(36,37)21-12-9-19(26)15-31-21/h2-12,15H,13-14H2,1H3,(H2,30,33,35). The van der Waals surface area contributed by atoms with Gasteiger partial charge in [-0.25, -0.2) is 19.2 Å². The van der Waals surface area contributed by atoms with E-state index in [0.29, 0.717) is 23.4 Å². The topological polar surface area (TPSA) is 106 Å². The first-order valence-electron chi connectivity index (χ1n) is 11.2. The number of halogens is 4. The van der Waals surface area contributed by atoms with Crippen LogP contribution in [-0.2, 0) is 22.6 Å².